The lowest BCUT2D eigenvalue weighted by Gasteiger charge is -2.35. The SMILES string of the molecule is CCOC(=O)N1CCN(C(=O)C(CCC(=O)O)NC(=O)c2cc(OCC(=O)N3CCCC3C(=O)Nc3ccccc3)c3ccccc3n2)CC1. The molecule has 3 heterocycles. The molecule has 2 aliphatic heterocycles. The zero-order chi connectivity index (χ0) is 35.6. The van der Waals surface area contributed by atoms with Crippen LogP contribution in [-0.2, 0) is 23.9 Å². The van der Waals surface area contributed by atoms with Gasteiger partial charge in [0.05, 0.1) is 12.1 Å². The van der Waals surface area contributed by atoms with E-state index in [0.717, 1.165) is 0 Å². The zero-order valence-corrected chi connectivity index (χ0v) is 27.7. The maximum Gasteiger partial charge on any atom is 0.409 e. The summed E-state index contributed by atoms with van der Waals surface area (Å²) in [6.07, 6.45) is 0.145. The summed E-state index contributed by atoms with van der Waals surface area (Å²) in [7, 11) is 0. The number of para-hydroxylation sites is 2. The number of aliphatic carboxylic acids is 1. The van der Waals surface area contributed by atoms with Gasteiger partial charge < -0.3 is 39.9 Å². The van der Waals surface area contributed by atoms with Crippen molar-refractivity contribution in [3.8, 4) is 5.75 Å². The molecule has 50 heavy (non-hydrogen) atoms. The average molecular weight is 689 g/mol. The van der Waals surface area contributed by atoms with E-state index in [1.54, 1.807) is 55.5 Å². The second-order valence-corrected chi connectivity index (χ2v) is 11.9. The van der Waals surface area contributed by atoms with Crippen molar-refractivity contribution in [2.75, 3.05) is 51.3 Å². The number of nitrogens with zero attached hydrogens (tertiary/aromatic N) is 4. The molecule has 0 spiro atoms. The Bertz CT molecular complexity index is 1730. The molecule has 5 amide bonds. The van der Waals surface area contributed by atoms with Crippen molar-refractivity contribution >= 4 is 52.3 Å². The molecule has 15 nitrogen and oxygen atoms in total. The van der Waals surface area contributed by atoms with Gasteiger partial charge in [-0.2, -0.15) is 0 Å². The van der Waals surface area contributed by atoms with Crippen molar-refractivity contribution in [1.29, 1.82) is 0 Å². The van der Waals surface area contributed by atoms with Gasteiger partial charge in [-0.05, 0) is 50.5 Å². The van der Waals surface area contributed by atoms with Crippen LogP contribution in [0.4, 0.5) is 10.5 Å². The van der Waals surface area contributed by atoms with Gasteiger partial charge in [-0.1, -0.05) is 30.3 Å². The first-order valence-corrected chi connectivity index (χ1v) is 16.6. The topological polar surface area (TPSA) is 188 Å². The fourth-order valence-electron chi connectivity index (χ4n) is 5.99. The fourth-order valence-corrected chi connectivity index (χ4v) is 5.99. The number of carbonyl (C=O) groups excluding carboxylic acids is 5. The van der Waals surface area contributed by atoms with Crippen LogP contribution < -0.4 is 15.4 Å². The molecular weight excluding hydrogens is 648 g/mol. The third-order valence-corrected chi connectivity index (χ3v) is 8.55. The molecule has 2 atom stereocenters. The van der Waals surface area contributed by atoms with Gasteiger partial charge in [0.15, 0.2) is 6.61 Å². The number of piperazine rings is 1. The number of benzene rings is 2. The largest absolute Gasteiger partial charge is 0.483 e. The Kier molecular flexibility index (Phi) is 11.8. The van der Waals surface area contributed by atoms with E-state index in [2.05, 4.69) is 15.6 Å². The smallest absolute Gasteiger partial charge is 0.409 e. The third kappa shape index (κ3) is 8.84. The van der Waals surface area contributed by atoms with E-state index < -0.39 is 48.5 Å². The number of likely N-dealkylation sites (tertiary alicyclic amines) is 1. The molecule has 3 aromatic rings. The Hall–Kier alpha value is -5.73. The van der Waals surface area contributed by atoms with E-state index in [1.165, 1.54) is 20.8 Å². The summed E-state index contributed by atoms with van der Waals surface area (Å²) in [5, 5.41) is 15.4. The molecule has 264 valence electrons. The molecule has 0 bridgehead atoms. The Balaban J connectivity index is 1.27. The normalized spacial score (nSPS) is 16.4. The Labute approximate surface area is 288 Å². The summed E-state index contributed by atoms with van der Waals surface area (Å²) >= 11 is 0. The number of amides is 5. The van der Waals surface area contributed by atoms with Gasteiger partial charge in [0.2, 0.25) is 11.8 Å². The van der Waals surface area contributed by atoms with Crippen molar-refractivity contribution < 1.29 is 43.3 Å². The summed E-state index contributed by atoms with van der Waals surface area (Å²) in [4.78, 5) is 85.8. The number of carboxylic acid groups (broad SMARTS) is 1. The van der Waals surface area contributed by atoms with Crippen LogP contribution in [0.2, 0.25) is 0 Å². The van der Waals surface area contributed by atoms with Crippen molar-refractivity contribution in [3.63, 3.8) is 0 Å². The van der Waals surface area contributed by atoms with E-state index in [4.69, 9.17) is 9.47 Å². The standard InChI is InChI=1S/C35H40N6O9/c1-2-49-35(48)40-19-17-39(18-20-40)34(47)26(14-15-31(43)44)38-32(45)27-21-29(24-11-6-7-12-25(24)37-27)50-22-30(42)41-16-8-13-28(41)33(46)36-23-9-4-3-5-10-23/h3-7,9-12,21,26,28H,2,8,13-20,22H2,1H3,(H,36,46)(H,38,45)(H,43,44). The lowest BCUT2D eigenvalue weighted by molar-refractivity contribution is -0.138. The number of carbonyl (C=O) groups is 6. The number of aromatic nitrogens is 1. The van der Waals surface area contributed by atoms with Crippen molar-refractivity contribution in [2.24, 2.45) is 0 Å². The summed E-state index contributed by atoms with van der Waals surface area (Å²) in [5.74, 6) is -2.85. The Morgan fingerprint density at radius 1 is 0.940 bits per heavy atom. The number of fused-ring (bicyclic) bond motifs is 1. The number of carboxylic acids is 1. The molecule has 2 fully saturated rings. The maximum absolute atomic E-state index is 13.6. The van der Waals surface area contributed by atoms with Gasteiger partial charge in [-0.15, -0.1) is 0 Å². The first-order valence-electron chi connectivity index (χ1n) is 16.6. The molecule has 0 radical (unpaired) electrons. The number of rotatable bonds is 12. The highest BCUT2D eigenvalue weighted by molar-refractivity contribution is 6.00. The summed E-state index contributed by atoms with van der Waals surface area (Å²) < 4.78 is 11.0. The molecule has 2 aliphatic rings. The quantitative estimate of drug-likeness (QED) is 0.255. The number of hydrogen-bond acceptors (Lipinski definition) is 9. The zero-order valence-electron chi connectivity index (χ0n) is 27.7. The highest BCUT2D eigenvalue weighted by atomic mass is 16.6. The summed E-state index contributed by atoms with van der Waals surface area (Å²) in [5.41, 5.74) is 0.922. The molecule has 1 aromatic heterocycles. The van der Waals surface area contributed by atoms with Gasteiger partial charge in [-0.25, -0.2) is 9.78 Å². The predicted molar refractivity (Wildman–Crippen MR) is 180 cm³/mol. The molecule has 2 aromatic carbocycles. The van der Waals surface area contributed by atoms with Crippen LogP contribution in [0.25, 0.3) is 10.9 Å². The number of ether oxygens (including phenoxy) is 2. The monoisotopic (exact) mass is 688 g/mol. The number of anilines is 1. The number of nitrogens with one attached hydrogen (secondary N) is 2. The van der Waals surface area contributed by atoms with Crippen LogP contribution in [-0.4, -0.2) is 119 Å². The minimum absolute atomic E-state index is 0.104. The molecule has 15 heteroatoms. The number of hydrogen-bond donors (Lipinski definition) is 3. The number of pyridine rings is 1. The lowest BCUT2D eigenvalue weighted by Crippen LogP contribution is -2.56. The minimum atomic E-state index is -1.18. The van der Waals surface area contributed by atoms with Crippen molar-refractivity contribution in [1.82, 2.24) is 25.0 Å². The molecule has 2 unspecified atom stereocenters. The minimum Gasteiger partial charge on any atom is -0.483 e. The van der Waals surface area contributed by atoms with Crippen LogP contribution in [0, 0.1) is 0 Å². The first-order chi connectivity index (χ1) is 24.1. The predicted octanol–water partition coefficient (Wildman–Crippen LogP) is 2.51. The van der Waals surface area contributed by atoms with E-state index in [1.807, 2.05) is 6.07 Å². The van der Waals surface area contributed by atoms with Gasteiger partial charge in [-0.3, -0.25) is 24.0 Å². The van der Waals surface area contributed by atoms with Crippen LogP contribution in [0.5, 0.6) is 5.75 Å². The highest BCUT2D eigenvalue weighted by Gasteiger charge is 2.35. The van der Waals surface area contributed by atoms with Gasteiger partial charge >= 0.3 is 12.1 Å². The van der Waals surface area contributed by atoms with E-state index in [-0.39, 0.29) is 63.0 Å². The molecule has 3 N–H and O–H groups in total. The average Bonchev–Trinajstić information content (AvgIpc) is 3.63. The second kappa shape index (κ2) is 16.6. The van der Waals surface area contributed by atoms with E-state index >= 15 is 0 Å². The molecule has 2 saturated heterocycles. The second-order valence-electron chi connectivity index (χ2n) is 11.9. The van der Waals surface area contributed by atoms with Crippen molar-refractivity contribution in [2.45, 2.75) is 44.7 Å². The first kappa shape index (κ1) is 35.6. The van der Waals surface area contributed by atoms with E-state index in [9.17, 15) is 33.9 Å². The Morgan fingerprint density at radius 2 is 1.64 bits per heavy atom. The van der Waals surface area contributed by atoms with Crippen LogP contribution in [0.1, 0.15) is 43.1 Å². The lowest BCUT2D eigenvalue weighted by atomic mass is 10.1. The van der Waals surface area contributed by atoms with Crippen LogP contribution in [0.3, 0.4) is 0 Å². The molecule has 5 rings (SSSR count). The van der Waals surface area contributed by atoms with Gasteiger partial charge in [0.25, 0.3) is 11.8 Å². The van der Waals surface area contributed by atoms with Crippen molar-refractivity contribution in [3.05, 3.63) is 66.4 Å². The van der Waals surface area contributed by atoms with Gasteiger partial charge in [0, 0.05) is 56.3 Å². The summed E-state index contributed by atoms with van der Waals surface area (Å²) in [6, 6.07) is 15.4. The molecule has 0 aliphatic carbocycles. The third-order valence-electron chi connectivity index (χ3n) is 8.55. The van der Waals surface area contributed by atoms with Crippen LogP contribution >= 0.6 is 0 Å². The highest BCUT2D eigenvalue weighted by Crippen LogP contribution is 2.27. The van der Waals surface area contributed by atoms with Crippen LogP contribution in [0.15, 0.2) is 60.7 Å². The van der Waals surface area contributed by atoms with E-state index in [0.29, 0.717) is 36.0 Å². The summed E-state index contributed by atoms with van der Waals surface area (Å²) in [6.45, 7) is 2.74. The Morgan fingerprint density at radius 3 is 2.36 bits per heavy atom. The molecule has 0 saturated carbocycles. The molecular formula is C35H40N6O9. The van der Waals surface area contributed by atoms with Gasteiger partial charge in [0.1, 0.15) is 23.5 Å². The maximum atomic E-state index is 13.6. The fraction of sp³-hybridized carbons (Fsp3) is 0.400.